The van der Waals surface area contributed by atoms with Crippen molar-refractivity contribution in [3.63, 3.8) is 0 Å². The fraction of sp³-hybridized carbons (Fsp3) is 0.500. The van der Waals surface area contributed by atoms with Crippen molar-refractivity contribution in [3.05, 3.63) is 18.0 Å². The highest BCUT2D eigenvalue weighted by molar-refractivity contribution is 5.75. The van der Waals surface area contributed by atoms with Crippen LogP contribution >= 0.6 is 0 Å². The Labute approximate surface area is 71.7 Å². The van der Waals surface area contributed by atoms with E-state index in [1.54, 1.807) is 19.4 Å². The molecule has 12 heavy (non-hydrogen) atoms. The number of nitrogens with two attached hydrogens (primary N) is 1. The van der Waals surface area contributed by atoms with Crippen LogP contribution in [-0.2, 0) is 11.2 Å². The topological polar surface area (TPSA) is 69.1 Å². The smallest absolute Gasteiger partial charge is 0.130 e. The van der Waals surface area contributed by atoms with Crippen LogP contribution in [0.4, 0.5) is 0 Å². The summed E-state index contributed by atoms with van der Waals surface area (Å²) in [7, 11) is 1.50. The van der Waals surface area contributed by atoms with E-state index in [1.165, 1.54) is 7.05 Å². The molecule has 4 heteroatoms. The van der Waals surface area contributed by atoms with Gasteiger partial charge in [0.1, 0.15) is 12.0 Å². The van der Waals surface area contributed by atoms with Gasteiger partial charge in [-0.05, 0) is 20.4 Å². The molecule has 1 rings (SSSR count). The number of Topliss-reactive ketones (excluding diaryl/α,β-unsaturated/α-hetero) is 1. The van der Waals surface area contributed by atoms with Gasteiger partial charge in [0.05, 0.1) is 6.20 Å². The number of aryl methyl sites for hydroxylation is 1. The van der Waals surface area contributed by atoms with Gasteiger partial charge in [-0.15, -0.1) is 0 Å². The van der Waals surface area contributed by atoms with Crippen LogP contribution in [0.2, 0.25) is 0 Å². The summed E-state index contributed by atoms with van der Waals surface area (Å²) in [6.07, 6.45) is 4.49. The Kier molecular flexibility index (Phi) is 5.91. The molecule has 0 radical (unpaired) electrons. The molecule has 0 saturated heterocycles. The number of ketones is 1. The molecule has 0 spiro atoms. The molecule has 0 aromatic carbocycles. The van der Waals surface area contributed by atoms with Gasteiger partial charge in [-0.25, -0.2) is 0 Å². The van der Waals surface area contributed by atoms with E-state index in [1.807, 2.05) is 0 Å². The maximum Gasteiger partial charge on any atom is 0.130 e. The van der Waals surface area contributed by atoms with Crippen molar-refractivity contribution < 1.29 is 9.32 Å². The second-order valence-corrected chi connectivity index (χ2v) is 2.23. The summed E-state index contributed by atoms with van der Waals surface area (Å²) in [5, 5.41) is 3.51. The van der Waals surface area contributed by atoms with Crippen molar-refractivity contribution in [2.24, 2.45) is 5.73 Å². The Morgan fingerprint density at radius 3 is 2.75 bits per heavy atom. The molecule has 1 heterocycles. The Morgan fingerprint density at radius 2 is 2.33 bits per heavy atom. The van der Waals surface area contributed by atoms with Crippen LogP contribution in [-0.4, -0.2) is 18.0 Å². The van der Waals surface area contributed by atoms with Gasteiger partial charge in [-0.2, -0.15) is 0 Å². The van der Waals surface area contributed by atoms with Crippen molar-refractivity contribution >= 4 is 5.78 Å². The number of hydrogen-bond donors (Lipinski definition) is 1. The van der Waals surface area contributed by atoms with Crippen molar-refractivity contribution in [1.29, 1.82) is 0 Å². The zero-order valence-electron chi connectivity index (χ0n) is 7.41. The maximum atomic E-state index is 10.5. The lowest BCUT2D eigenvalue weighted by Crippen LogP contribution is -1.91. The summed E-state index contributed by atoms with van der Waals surface area (Å²) < 4.78 is 4.59. The average molecular weight is 170 g/mol. The second kappa shape index (κ2) is 6.54. The highest BCUT2D eigenvalue weighted by atomic mass is 16.5. The molecule has 0 aliphatic heterocycles. The summed E-state index contributed by atoms with van der Waals surface area (Å²) in [5.41, 5.74) is 5.48. The molecule has 0 aliphatic rings. The Balaban J connectivity index is 0.000000561. The summed E-state index contributed by atoms with van der Waals surface area (Å²) in [4.78, 5) is 10.5. The molecule has 0 aliphatic carbocycles. The number of carbonyl (C=O) groups is 1. The lowest BCUT2D eigenvalue weighted by atomic mass is 10.2. The monoisotopic (exact) mass is 170 g/mol. The molecule has 0 saturated carbocycles. The normalized spacial score (nSPS) is 8.58. The Hall–Kier alpha value is -1.16. The summed E-state index contributed by atoms with van der Waals surface area (Å²) in [6, 6.07) is 0. The molecule has 0 atom stereocenters. The first-order chi connectivity index (χ1) is 5.79. The molecule has 0 fully saturated rings. The first-order valence-corrected chi connectivity index (χ1v) is 3.74. The number of nitrogens with zero attached hydrogens (tertiary/aromatic N) is 1. The minimum absolute atomic E-state index is 0.196. The maximum absolute atomic E-state index is 10.5. The molecule has 4 nitrogen and oxygen atoms in total. The van der Waals surface area contributed by atoms with Gasteiger partial charge in [0.15, 0.2) is 0 Å². The zero-order chi connectivity index (χ0) is 9.40. The van der Waals surface area contributed by atoms with Crippen molar-refractivity contribution in [3.8, 4) is 0 Å². The highest BCUT2D eigenvalue weighted by Gasteiger charge is 1.97. The van der Waals surface area contributed by atoms with Crippen LogP contribution < -0.4 is 5.73 Å². The summed E-state index contributed by atoms with van der Waals surface area (Å²) >= 11 is 0. The van der Waals surface area contributed by atoms with Crippen LogP contribution in [0.3, 0.4) is 0 Å². The summed E-state index contributed by atoms with van der Waals surface area (Å²) in [6.45, 7) is 1.58. The molecular formula is C8H14N2O2. The molecule has 0 unspecified atom stereocenters. The molecule has 2 N–H and O–H groups in total. The Bertz CT molecular complexity index is 207. The van der Waals surface area contributed by atoms with Gasteiger partial charge in [-0.3, -0.25) is 0 Å². The minimum atomic E-state index is 0.196. The van der Waals surface area contributed by atoms with Gasteiger partial charge in [-0.1, -0.05) is 5.16 Å². The van der Waals surface area contributed by atoms with Gasteiger partial charge in [0, 0.05) is 12.0 Å². The fourth-order valence-corrected chi connectivity index (χ4v) is 0.671. The van der Waals surface area contributed by atoms with E-state index in [2.05, 4.69) is 15.4 Å². The third-order valence-electron chi connectivity index (χ3n) is 1.25. The van der Waals surface area contributed by atoms with Gasteiger partial charge in [0.2, 0.25) is 0 Å². The minimum Gasteiger partial charge on any atom is -0.364 e. The van der Waals surface area contributed by atoms with Crippen LogP contribution in [0.25, 0.3) is 0 Å². The first-order valence-electron chi connectivity index (χ1n) is 3.74. The predicted molar refractivity (Wildman–Crippen MR) is 45.6 cm³/mol. The molecule has 0 bridgehead atoms. The van der Waals surface area contributed by atoms with E-state index in [-0.39, 0.29) is 5.78 Å². The molecule has 1 aromatic rings. The third kappa shape index (κ3) is 4.62. The van der Waals surface area contributed by atoms with Crippen LogP contribution in [0.1, 0.15) is 18.9 Å². The standard InChI is InChI=1S/C7H9NO2.CH5N/c1-6(9)2-3-7-4-8-10-5-7;1-2/h4-5H,2-3H2,1H3;2H2,1H3. The van der Waals surface area contributed by atoms with Crippen molar-refractivity contribution in [2.45, 2.75) is 19.8 Å². The van der Waals surface area contributed by atoms with E-state index < -0.39 is 0 Å². The highest BCUT2D eigenvalue weighted by Crippen LogP contribution is 2.00. The van der Waals surface area contributed by atoms with Crippen LogP contribution in [0, 0.1) is 0 Å². The first kappa shape index (κ1) is 10.8. The van der Waals surface area contributed by atoms with E-state index in [0.717, 1.165) is 12.0 Å². The van der Waals surface area contributed by atoms with Crippen molar-refractivity contribution in [2.75, 3.05) is 7.05 Å². The number of aromatic nitrogens is 1. The van der Waals surface area contributed by atoms with Crippen LogP contribution in [0.5, 0.6) is 0 Å². The third-order valence-corrected chi connectivity index (χ3v) is 1.25. The quantitative estimate of drug-likeness (QED) is 0.727. The van der Waals surface area contributed by atoms with E-state index in [9.17, 15) is 4.79 Å². The fourth-order valence-electron chi connectivity index (χ4n) is 0.671. The zero-order valence-corrected chi connectivity index (χ0v) is 7.41. The largest absolute Gasteiger partial charge is 0.364 e. The second-order valence-electron chi connectivity index (χ2n) is 2.23. The van der Waals surface area contributed by atoms with Gasteiger partial charge in [0.25, 0.3) is 0 Å². The SMILES string of the molecule is CC(=O)CCc1cnoc1.CN. The van der Waals surface area contributed by atoms with Gasteiger partial charge < -0.3 is 15.1 Å². The lowest BCUT2D eigenvalue weighted by Gasteiger charge is -1.88. The summed E-state index contributed by atoms with van der Waals surface area (Å²) in [5.74, 6) is 0.196. The number of hydrogen-bond acceptors (Lipinski definition) is 4. The molecule has 0 amide bonds. The van der Waals surface area contributed by atoms with E-state index in [4.69, 9.17) is 0 Å². The number of carbonyl (C=O) groups excluding carboxylic acids is 1. The van der Waals surface area contributed by atoms with E-state index >= 15 is 0 Å². The average Bonchev–Trinajstić information content (AvgIpc) is 2.56. The molecular weight excluding hydrogens is 156 g/mol. The lowest BCUT2D eigenvalue weighted by molar-refractivity contribution is -0.116. The predicted octanol–water partition coefficient (Wildman–Crippen LogP) is 0.771. The van der Waals surface area contributed by atoms with Crippen LogP contribution in [0.15, 0.2) is 17.0 Å². The van der Waals surface area contributed by atoms with Gasteiger partial charge >= 0.3 is 0 Å². The molecule has 68 valence electrons. The van der Waals surface area contributed by atoms with E-state index in [0.29, 0.717) is 6.42 Å². The van der Waals surface area contributed by atoms with Crippen molar-refractivity contribution in [1.82, 2.24) is 5.16 Å². The Morgan fingerprint density at radius 1 is 1.67 bits per heavy atom. The molecule has 1 aromatic heterocycles. The number of rotatable bonds is 3.